The summed E-state index contributed by atoms with van der Waals surface area (Å²) < 4.78 is 19.2. The second kappa shape index (κ2) is 5.78. The Hall–Kier alpha value is -0.640. The summed E-state index contributed by atoms with van der Waals surface area (Å²) in [7, 11) is 0. The van der Waals surface area contributed by atoms with Crippen LogP contribution in [0.2, 0.25) is 5.02 Å². The quantitative estimate of drug-likeness (QED) is 0.848. The van der Waals surface area contributed by atoms with Gasteiger partial charge < -0.3 is 10.1 Å². The molecule has 1 N–H and O–H groups in total. The Morgan fingerprint density at radius 3 is 2.95 bits per heavy atom. The fourth-order valence-corrected chi connectivity index (χ4v) is 3.35. The topological polar surface area (TPSA) is 21.3 Å². The van der Waals surface area contributed by atoms with Gasteiger partial charge in [0.2, 0.25) is 0 Å². The number of benzene rings is 1. The summed E-state index contributed by atoms with van der Waals surface area (Å²) in [5, 5.41) is 3.77. The highest BCUT2D eigenvalue weighted by atomic mass is 35.5. The Labute approximate surface area is 118 Å². The zero-order chi connectivity index (χ0) is 13.2. The molecule has 2 nitrogen and oxygen atoms in total. The maximum atomic E-state index is 13.2. The second-order valence-corrected chi connectivity index (χ2v) is 5.96. The normalized spacial score (nSPS) is 31.6. The van der Waals surface area contributed by atoms with E-state index in [0.717, 1.165) is 18.7 Å². The Morgan fingerprint density at radius 1 is 1.26 bits per heavy atom. The largest absolute Gasteiger partial charge is 0.372 e. The lowest BCUT2D eigenvalue weighted by atomic mass is 9.85. The van der Waals surface area contributed by atoms with Crippen molar-refractivity contribution in [3.63, 3.8) is 0 Å². The van der Waals surface area contributed by atoms with E-state index in [9.17, 15) is 4.39 Å². The minimum Gasteiger partial charge on any atom is -0.372 e. The lowest BCUT2D eigenvalue weighted by Gasteiger charge is -2.29. The minimum atomic E-state index is -0.374. The molecule has 0 aromatic heterocycles. The molecule has 19 heavy (non-hydrogen) atoms. The molecule has 1 saturated heterocycles. The molecule has 1 aromatic carbocycles. The molecule has 3 atom stereocenters. The van der Waals surface area contributed by atoms with Gasteiger partial charge in [-0.05, 0) is 36.5 Å². The van der Waals surface area contributed by atoms with Gasteiger partial charge >= 0.3 is 0 Å². The van der Waals surface area contributed by atoms with Crippen LogP contribution in [0.3, 0.4) is 0 Å². The van der Waals surface area contributed by atoms with Crippen LogP contribution < -0.4 is 5.32 Å². The molecular weight excluding hydrogens is 265 g/mol. The molecule has 1 aliphatic carbocycles. The van der Waals surface area contributed by atoms with Crippen molar-refractivity contribution in [3.8, 4) is 0 Å². The van der Waals surface area contributed by atoms with Crippen LogP contribution in [0.5, 0.6) is 0 Å². The SMILES string of the molecule is Fc1ccc(C2CNC3CCCCC3CO2)cc1Cl. The van der Waals surface area contributed by atoms with Gasteiger partial charge in [-0.1, -0.05) is 30.5 Å². The molecule has 2 fully saturated rings. The van der Waals surface area contributed by atoms with Gasteiger partial charge in [-0.3, -0.25) is 0 Å². The molecule has 1 aromatic rings. The van der Waals surface area contributed by atoms with Gasteiger partial charge in [0, 0.05) is 12.6 Å². The average molecular weight is 284 g/mol. The lowest BCUT2D eigenvalue weighted by Crippen LogP contribution is -2.38. The Bertz CT molecular complexity index is 438. The van der Waals surface area contributed by atoms with Crippen LogP contribution in [0, 0.1) is 11.7 Å². The summed E-state index contributed by atoms with van der Waals surface area (Å²) >= 11 is 5.84. The Kier molecular flexibility index (Phi) is 4.06. The molecule has 3 unspecified atom stereocenters. The fourth-order valence-electron chi connectivity index (χ4n) is 3.16. The molecule has 0 spiro atoms. The van der Waals surface area contributed by atoms with Crippen LogP contribution in [0.1, 0.15) is 37.4 Å². The van der Waals surface area contributed by atoms with Gasteiger partial charge in [0.15, 0.2) is 0 Å². The van der Waals surface area contributed by atoms with Crippen LogP contribution in [0.25, 0.3) is 0 Å². The van der Waals surface area contributed by atoms with Crippen LogP contribution in [0.4, 0.5) is 4.39 Å². The van der Waals surface area contributed by atoms with Gasteiger partial charge in [-0.15, -0.1) is 0 Å². The standard InChI is InChI=1S/C15H19ClFNO/c16-12-7-10(5-6-13(12)17)15-8-18-14-4-2-1-3-11(14)9-19-15/h5-7,11,14-15,18H,1-4,8-9H2. The van der Waals surface area contributed by atoms with E-state index in [1.165, 1.54) is 31.7 Å². The predicted molar refractivity (Wildman–Crippen MR) is 73.9 cm³/mol. The van der Waals surface area contributed by atoms with Crippen molar-refractivity contribution < 1.29 is 9.13 Å². The zero-order valence-corrected chi connectivity index (χ0v) is 11.6. The molecule has 104 valence electrons. The van der Waals surface area contributed by atoms with Gasteiger partial charge in [0.05, 0.1) is 17.7 Å². The first kappa shape index (κ1) is 13.3. The summed E-state index contributed by atoms with van der Waals surface area (Å²) in [4.78, 5) is 0. The van der Waals surface area contributed by atoms with Crippen LogP contribution >= 0.6 is 11.6 Å². The summed E-state index contributed by atoms with van der Waals surface area (Å²) in [6.45, 7) is 1.57. The van der Waals surface area contributed by atoms with Gasteiger partial charge in [0.1, 0.15) is 5.82 Å². The van der Waals surface area contributed by atoms with E-state index in [2.05, 4.69) is 5.32 Å². The van der Waals surface area contributed by atoms with Crippen molar-refractivity contribution >= 4 is 11.6 Å². The smallest absolute Gasteiger partial charge is 0.141 e. The first-order valence-corrected chi connectivity index (χ1v) is 7.42. The van der Waals surface area contributed by atoms with Crippen molar-refractivity contribution in [2.24, 2.45) is 5.92 Å². The number of halogens is 2. The average Bonchev–Trinajstić information content (AvgIpc) is 2.64. The minimum absolute atomic E-state index is 0.0244. The molecular formula is C15H19ClFNO. The van der Waals surface area contributed by atoms with Gasteiger partial charge in [0.25, 0.3) is 0 Å². The van der Waals surface area contributed by atoms with Crippen molar-refractivity contribution in [3.05, 3.63) is 34.6 Å². The lowest BCUT2D eigenvalue weighted by molar-refractivity contribution is 0.0401. The highest BCUT2D eigenvalue weighted by molar-refractivity contribution is 6.30. The van der Waals surface area contributed by atoms with Crippen molar-refractivity contribution in [2.45, 2.75) is 37.8 Å². The van der Waals surface area contributed by atoms with E-state index in [1.807, 2.05) is 0 Å². The third-order valence-corrected chi connectivity index (χ3v) is 4.59. The highest BCUT2D eigenvalue weighted by Crippen LogP contribution is 2.31. The number of ether oxygens (including phenoxy) is 1. The summed E-state index contributed by atoms with van der Waals surface area (Å²) in [5.41, 5.74) is 0.956. The maximum Gasteiger partial charge on any atom is 0.141 e. The maximum absolute atomic E-state index is 13.2. The Morgan fingerprint density at radius 2 is 2.11 bits per heavy atom. The van der Waals surface area contributed by atoms with Gasteiger partial charge in [-0.2, -0.15) is 0 Å². The summed E-state index contributed by atoms with van der Waals surface area (Å²) in [5.74, 6) is 0.246. The number of rotatable bonds is 1. The summed E-state index contributed by atoms with van der Waals surface area (Å²) in [6.07, 6.45) is 5.07. The van der Waals surface area contributed by atoms with E-state index < -0.39 is 0 Å². The number of nitrogens with one attached hydrogen (secondary N) is 1. The van der Waals surface area contributed by atoms with E-state index in [1.54, 1.807) is 12.1 Å². The molecule has 3 rings (SSSR count). The molecule has 1 heterocycles. The van der Waals surface area contributed by atoms with Crippen LogP contribution in [0.15, 0.2) is 18.2 Å². The van der Waals surface area contributed by atoms with E-state index in [4.69, 9.17) is 16.3 Å². The second-order valence-electron chi connectivity index (χ2n) is 5.55. The van der Waals surface area contributed by atoms with E-state index in [-0.39, 0.29) is 16.9 Å². The predicted octanol–water partition coefficient (Wildman–Crippen LogP) is 3.70. The van der Waals surface area contributed by atoms with Crippen LogP contribution in [-0.2, 0) is 4.74 Å². The van der Waals surface area contributed by atoms with E-state index >= 15 is 0 Å². The fraction of sp³-hybridized carbons (Fsp3) is 0.600. The number of hydrogen-bond donors (Lipinski definition) is 1. The summed E-state index contributed by atoms with van der Waals surface area (Å²) in [6, 6.07) is 5.44. The molecule has 1 aliphatic heterocycles. The third-order valence-electron chi connectivity index (χ3n) is 4.30. The van der Waals surface area contributed by atoms with E-state index in [0.29, 0.717) is 12.0 Å². The molecule has 4 heteroatoms. The monoisotopic (exact) mass is 283 g/mol. The van der Waals surface area contributed by atoms with Gasteiger partial charge in [-0.25, -0.2) is 4.39 Å². The number of hydrogen-bond acceptors (Lipinski definition) is 2. The molecule has 0 bridgehead atoms. The molecule has 1 saturated carbocycles. The zero-order valence-electron chi connectivity index (χ0n) is 10.9. The first-order valence-electron chi connectivity index (χ1n) is 7.04. The van der Waals surface area contributed by atoms with Crippen molar-refractivity contribution in [2.75, 3.05) is 13.2 Å². The molecule has 2 aliphatic rings. The first-order chi connectivity index (χ1) is 9.24. The highest BCUT2D eigenvalue weighted by Gasteiger charge is 2.30. The van der Waals surface area contributed by atoms with Crippen molar-refractivity contribution in [1.29, 1.82) is 0 Å². The molecule has 0 amide bonds. The number of fused-ring (bicyclic) bond motifs is 1. The third kappa shape index (κ3) is 2.93. The Balaban J connectivity index is 1.73. The van der Waals surface area contributed by atoms with Crippen LogP contribution in [-0.4, -0.2) is 19.2 Å². The molecule has 0 radical (unpaired) electrons. The van der Waals surface area contributed by atoms with Crippen molar-refractivity contribution in [1.82, 2.24) is 5.32 Å².